The van der Waals surface area contributed by atoms with Crippen molar-refractivity contribution in [1.29, 1.82) is 0 Å². The first-order chi connectivity index (χ1) is 13.9. The van der Waals surface area contributed by atoms with E-state index in [1.807, 2.05) is 30.5 Å². The van der Waals surface area contributed by atoms with Gasteiger partial charge in [-0.15, -0.1) is 0 Å². The van der Waals surface area contributed by atoms with Gasteiger partial charge in [-0.25, -0.2) is 0 Å². The summed E-state index contributed by atoms with van der Waals surface area (Å²) in [4.78, 5) is 25.5. The smallest absolute Gasteiger partial charge is 0.271 e. The van der Waals surface area contributed by atoms with Crippen LogP contribution >= 0.6 is 24.0 Å². The lowest BCUT2D eigenvalue weighted by Gasteiger charge is -2.13. The summed E-state index contributed by atoms with van der Waals surface area (Å²) >= 11 is 6.60. The molecule has 3 aromatic rings. The number of nitro groups is 1. The molecule has 1 amide bonds. The first-order valence-electron chi connectivity index (χ1n) is 8.99. The third kappa shape index (κ3) is 3.45. The number of benzene rings is 2. The zero-order valence-electron chi connectivity index (χ0n) is 15.7. The number of carbonyl (C=O) groups excluding carboxylic acids is 1. The first kappa shape index (κ1) is 19.4. The monoisotopic (exact) mass is 423 g/mol. The average Bonchev–Trinajstić information content (AvgIpc) is 3.20. The second kappa shape index (κ2) is 7.46. The number of para-hydroxylation sites is 1. The van der Waals surface area contributed by atoms with Crippen LogP contribution in [0.15, 0.2) is 59.6 Å². The number of thioether (sulfide) groups is 1. The van der Waals surface area contributed by atoms with Crippen LogP contribution in [0.5, 0.6) is 0 Å². The molecule has 0 N–H and O–H groups in total. The number of thiocarbonyl (C=S) groups is 1. The van der Waals surface area contributed by atoms with Crippen LogP contribution in [-0.4, -0.2) is 19.7 Å². The molecule has 146 valence electrons. The number of amides is 1. The second-order valence-electron chi connectivity index (χ2n) is 6.90. The SMILES string of the molecule is CC(C)n1cc(/C=C2\SC(=S)N(c3cccc([N+](=O)[O-])c3)C2=O)c2ccccc21. The minimum atomic E-state index is -0.488. The van der Waals surface area contributed by atoms with E-state index in [9.17, 15) is 14.9 Å². The molecule has 8 heteroatoms. The summed E-state index contributed by atoms with van der Waals surface area (Å²) in [5.74, 6) is -0.276. The predicted octanol–water partition coefficient (Wildman–Crippen LogP) is 5.54. The maximum atomic E-state index is 13.1. The van der Waals surface area contributed by atoms with E-state index in [0.29, 0.717) is 14.9 Å². The normalized spacial score (nSPS) is 15.8. The number of aromatic nitrogens is 1. The fourth-order valence-electron chi connectivity index (χ4n) is 3.35. The summed E-state index contributed by atoms with van der Waals surface area (Å²) in [6, 6.07) is 14.3. The number of rotatable bonds is 4. The molecule has 0 radical (unpaired) electrons. The Morgan fingerprint density at radius 3 is 2.66 bits per heavy atom. The Labute approximate surface area is 177 Å². The number of hydrogen-bond acceptors (Lipinski definition) is 5. The van der Waals surface area contributed by atoms with Gasteiger partial charge >= 0.3 is 0 Å². The third-order valence-corrected chi connectivity index (χ3v) is 6.01. The zero-order valence-corrected chi connectivity index (χ0v) is 17.4. The highest BCUT2D eigenvalue weighted by atomic mass is 32.2. The molecule has 1 aliphatic rings. The van der Waals surface area contributed by atoms with Gasteiger partial charge in [0.15, 0.2) is 4.32 Å². The minimum absolute atomic E-state index is 0.0828. The molecule has 1 aliphatic heterocycles. The van der Waals surface area contributed by atoms with Gasteiger partial charge in [0.25, 0.3) is 11.6 Å². The fourth-order valence-corrected chi connectivity index (χ4v) is 4.64. The van der Waals surface area contributed by atoms with Gasteiger partial charge in [0.2, 0.25) is 0 Å². The highest BCUT2D eigenvalue weighted by Crippen LogP contribution is 2.38. The highest BCUT2D eigenvalue weighted by molar-refractivity contribution is 8.27. The van der Waals surface area contributed by atoms with Crippen LogP contribution in [0, 0.1) is 10.1 Å². The van der Waals surface area contributed by atoms with Gasteiger partial charge in [-0.05, 0) is 32.1 Å². The zero-order chi connectivity index (χ0) is 20.7. The van der Waals surface area contributed by atoms with Crippen LogP contribution < -0.4 is 4.90 Å². The van der Waals surface area contributed by atoms with Crippen molar-refractivity contribution in [3.8, 4) is 0 Å². The van der Waals surface area contributed by atoms with Gasteiger partial charge in [0.05, 0.1) is 15.5 Å². The molecule has 0 saturated carbocycles. The van der Waals surface area contributed by atoms with Crippen molar-refractivity contribution in [3.05, 3.63) is 75.3 Å². The first-order valence-corrected chi connectivity index (χ1v) is 10.2. The molecular weight excluding hydrogens is 406 g/mol. The molecule has 0 aliphatic carbocycles. The summed E-state index contributed by atoms with van der Waals surface area (Å²) in [7, 11) is 0. The van der Waals surface area contributed by atoms with Crippen molar-refractivity contribution >= 4 is 62.6 Å². The minimum Gasteiger partial charge on any atom is -0.344 e. The Bertz CT molecular complexity index is 1200. The van der Waals surface area contributed by atoms with E-state index in [2.05, 4.69) is 24.5 Å². The average molecular weight is 424 g/mol. The van der Waals surface area contributed by atoms with E-state index in [1.165, 1.54) is 28.8 Å². The van der Waals surface area contributed by atoms with E-state index in [0.717, 1.165) is 16.5 Å². The number of nitrogens with zero attached hydrogens (tertiary/aromatic N) is 3. The molecule has 0 atom stereocenters. The standard InChI is InChI=1S/C21H17N3O3S2/c1-13(2)22-12-14(17-8-3-4-9-18(17)22)10-19-20(25)23(21(28)29-19)15-6-5-7-16(11-15)24(26)27/h3-13H,1-2H3/b19-10-. The molecule has 4 rings (SSSR count). The van der Waals surface area contributed by atoms with E-state index < -0.39 is 4.92 Å². The van der Waals surface area contributed by atoms with Gasteiger partial charge in [-0.2, -0.15) is 0 Å². The Morgan fingerprint density at radius 2 is 1.93 bits per heavy atom. The molecule has 0 spiro atoms. The number of non-ortho nitro benzene ring substituents is 1. The third-order valence-electron chi connectivity index (χ3n) is 4.71. The highest BCUT2D eigenvalue weighted by Gasteiger charge is 2.34. The predicted molar refractivity (Wildman–Crippen MR) is 121 cm³/mol. The summed E-state index contributed by atoms with van der Waals surface area (Å²) in [6.45, 7) is 4.22. The van der Waals surface area contributed by atoms with Gasteiger partial charge < -0.3 is 4.57 Å². The van der Waals surface area contributed by atoms with Crippen LogP contribution in [0.3, 0.4) is 0 Å². The number of hydrogen-bond donors (Lipinski definition) is 0. The van der Waals surface area contributed by atoms with Gasteiger partial charge in [-0.3, -0.25) is 19.8 Å². The van der Waals surface area contributed by atoms with Crippen molar-refractivity contribution in [2.24, 2.45) is 0 Å². The number of anilines is 1. The van der Waals surface area contributed by atoms with Crippen LogP contribution in [0.1, 0.15) is 25.5 Å². The second-order valence-corrected chi connectivity index (χ2v) is 8.57. The largest absolute Gasteiger partial charge is 0.344 e. The van der Waals surface area contributed by atoms with Crippen molar-refractivity contribution in [1.82, 2.24) is 4.57 Å². The number of carbonyl (C=O) groups is 1. The number of nitro benzene ring substituents is 1. The molecule has 0 bridgehead atoms. The van der Waals surface area contributed by atoms with Crippen LogP contribution in [0.2, 0.25) is 0 Å². The van der Waals surface area contributed by atoms with Crippen molar-refractivity contribution in [2.75, 3.05) is 4.90 Å². The number of fused-ring (bicyclic) bond motifs is 1. The molecule has 1 saturated heterocycles. The van der Waals surface area contributed by atoms with E-state index in [-0.39, 0.29) is 17.6 Å². The lowest BCUT2D eigenvalue weighted by atomic mass is 10.1. The van der Waals surface area contributed by atoms with E-state index in [1.54, 1.807) is 12.1 Å². The van der Waals surface area contributed by atoms with Crippen LogP contribution in [0.4, 0.5) is 11.4 Å². The molecule has 1 aromatic heterocycles. The Kier molecular flexibility index (Phi) is 4.97. The quantitative estimate of drug-likeness (QED) is 0.239. The lowest BCUT2D eigenvalue weighted by Crippen LogP contribution is -2.27. The van der Waals surface area contributed by atoms with E-state index in [4.69, 9.17) is 12.2 Å². The Morgan fingerprint density at radius 1 is 1.17 bits per heavy atom. The van der Waals surface area contributed by atoms with Gasteiger partial charge in [-0.1, -0.05) is 48.2 Å². The van der Waals surface area contributed by atoms with Crippen molar-refractivity contribution in [2.45, 2.75) is 19.9 Å². The molecule has 2 heterocycles. The summed E-state index contributed by atoms with van der Waals surface area (Å²) in [6.07, 6.45) is 3.88. The van der Waals surface area contributed by atoms with E-state index >= 15 is 0 Å². The maximum absolute atomic E-state index is 13.1. The fraction of sp³-hybridized carbons (Fsp3) is 0.143. The van der Waals surface area contributed by atoms with Crippen molar-refractivity contribution < 1.29 is 9.72 Å². The Hall–Kier alpha value is -2.97. The van der Waals surface area contributed by atoms with Crippen molar-refractivity contribution in [3.63, 3.8) is 0 Å². The Balaban J connectivity index is 1.75. The topological polar surface area (TPSA) is 68.4 Å². The maximum Gasteiger partial charge on any atom is 0.271 e. The molecule has 29 heavy (non-hydrogen) atoms. The van der Waals surface area contributed by atoms with Gasteiger partial charge in [0, 0.05) is 40.8 Å². The van der Waals surface area contributed by atoms with Gasteiger partial charge in [0.1, 0.15) is 0 Å². The summed E-state index contributed by atoms with van der Waals surface area (Å²) in [5.41, 5.74) is 2.35. The molecule has 2 aromatic carbocycles. The lowest BCUT2D eigenvalue weighted by molar-refractivity contribution is -0.384. The molecular formula is C21H17N3O3S2. The molecule has 6 nitrogen and oxygen atoms in total. The van der Waals surface area contributed by atoms with Crippen LogP contribution in [0.25, 0.3) is 17.0 Å². The van der Waals surface area contributed by atoms with Crippen LogP contribution in [-0.2, 0) is 4.79 Å². The summed E-state index contributed by atoms with van der Waals surface area (Å²) < 4.78 is 2.52. The molecule has 0 unspecified atom stereocenters. The molecule has 1 fully saturated rings. The summed E-state index contributed by atoms with van der Waals surface area (Å²) in [5, 5.41) is 12.1.